The molecule has 0 atom stereocenters. The van der Waals surface area contributed by atoms with Crippen LogP contribution in [0.5, 0.6) is 0 Å². The largest absolute Gasteiger partial charge is 0.366 e. The van der Waals surface area contributed by atoms with Crippen molar-refractivity contribution in [2.24, 2.45) is 0 Å². The van der Waals surface area contributed by atoms with Crippen LogP contribution in [0.4, 0.5) is 5.82 Å². The molecule has 130 valence electrons. The van der Waals surface area contributed by atoms with Crippen LogP contribution >= 0.6 is 0 Å². The number of H-pyrrole nitrogens is 1. The number of hydrogen-bond donors (Lipinski definition) is 2. The van der Waals surface area contributed by atoms with Crippen LogP contribution in [0.2, 0.25) is 0 Å². The van der Waals surface area contributed by atoms with Crippen molar-refractivity contribution >= 4 is 26.9 Å². The number of nitrogens with zero attached hydrogens (tertiary/aromatic N) is 4. The molecule has 2 N–H and O–H groups in total. The maximum Gasteiger partial charge on any atom is 0.245 e. The Morgan fingerprint density at radius 2 is 1.96 bits per heavy atom. The predicted molar refractivity (Wildman–Crippen MR) is 93.5 cm³/mol. The van der Waals surface area contributed by atoms with Crippen LogP contribution in [-0.2, 0) is 10.0 Å². The second-order valence-corrected chi connectivity index (χ2v) is 7.89. The average Bonchev–Trinajstić information content (AvgIpc) is 3.08. The van der Waals surface area contributed by atoms with Crippen molar-refractivity contribution in [3.63, 3.8) is 0 Å². The highest BCUT2D eigenvalue weighted by Crippen LogP contribution is 2.27. The number of sulfonamides is 1. The first-order valence-electron chi connectivity index (χ1n) is 8.11. The van der Waals surface area contributed by atoms with Gasteiger partial charge in [0.25, 0.3) is 0 Å². The van der Waals surface area contributed by atoms with Gasteiger partial charge in [-0.25, -0.2) is 13.4 Å². The zero-order chi connectivity index (χ0) is 17.3. The number of nitrogens with one attached hydrogen (secondary N) is 2. The Bertz CT molecular complexity index is 964. The Labute approximate surface area is 145 Å². The highest BCUT2D eigenvalue weighted by molar-refractivity contribution is 7.89. The van der Waals surface area contributed by atoms with E-state index in [0.29, 0.717) is 29.9 Å². The van der Waals surface area contributed by atoms with Crippen molar-refractivity contribution in [1.29, 1.82) is 0 Å². The number of hydrogen-bond acceptors (Lipinski definition) is 6. The Hall–Kier alpha value is -2.52. The first-order chi connectivity index (χ1) is 12.1. The van der Waals surface area contributed by atoms with Crippen molar-refractivity contribution in [3.8, 4) is 0 Å². The Kier molecular flexibility index (Phi) is 4.10. The van der Waals surface area contributed by atoms with Gasteiger partial charge in [0.2, 0.25) is 10.0 Å². The lowest BCUT2D eigenvalue weighted by atomic mass is 10.1. The topological polar surface area (TPSA) is 104 Å². The van der Waals surface area contributed by atoms with Crippen molar-refractivity contribution in [2.45, 2.75) is 23.8 Å². The van der Waals surface area contributed by atoms with Gasteiger partial charge < -0.3 is 10.3 Å². The van der Waals surface area contributed by atoms with Crippen molar-refractivity contribution in [2.75, 3.05) is 18.4 Å². The van der Waals surface area contributed by atoms with Gasteiger partial charge in [-0.05, 0) is 37.1 Å². The maximum atomic E-state index is 13.0. The minimum absolute atomic E-state index is 0.188. The molecule has 1 fully saturated rings. The van der Waals surface area contributed by atoms with Crippen molar-refractivity contribution in [1.82, 2.24) is 24.5 Å². The molecule has 0 amide bonds. The fourth-order valence-electron chi connectivity index (χ4n) is 3.11. The first kappa shape index (κ1) is 16.0. The van der Waals surface area contributed by atoms with E-state index in [0.717, 1.165) is 12.8 Å². The molecule has 0 unspecified atom stereocenters. The molecule has 25 heavy (non-hydrogen) atoms. The van der Waals surface area contributed by atoms with E-state index in [1.165, 1.54) is 10.5 Å². The summed E-state index contributed by atoms with van der Waals surface area (Å²) in [6.45, 7) is 0.931. The average molecular weight is 358 g/mol. The minimum atomic E-state index is -3.54. The zero-order valence-electron chi connectivity index (χ0n) is 13.5. The number of fused-ring (bicyclic) bond motifs is 1. The standard InChI is InChI=1S/C16H18N6O2S/c23-25(24,14-11-18-16-13(14)3-1-7-17-16)22-9-5-12(6-10-22)20-15-4-2-8-19-21-15/h1-4,7-8,11-12H,5-6,9-10H2,(H,17,18)(H,20,21). The molecular weight excluding hydrogens is 340 g/mol. The summed E-state index contributed by atoms with van der Waals surface area (Å²) in [5.74, 6) is 0.714. The van der Waals surface area contributed by atoms with Crippen LogP contribution in [0, 0.1) is 0 Å². The number of rotatable bonds is 4. The van der Waals surface area contributed by atoms with Gasteiger partial charge in [-0.2, -0.15) is 9.40 Å². The number of pyridine rings is 1. The lowest BCUT2D eigenvalue weighted by molar-refractivity contribution is 0.329. The molecule has 3 aromatic rings. The molecule has 0 spiro atoms. The van der Waals surface area contributed by atoms with E-state index in [1.807, 2.05) is 12.1 Å². The molecule has 9 heteroatoms. The normalized spacial score (nSPS) is 17.0. The fourth-order valence-corrected chi connectivity index (χ4v) is 4.73. The SMILES string of the molecule is O=S(=O)(c1c[nH]c2ncccc12)N1CCC(Nc2cccnn2)CC1. The lowest BCUT2D eigenvalue weighted by Crippen LogP contribution is -2.42. The molecule has 0 aromatic carbocycles. The van der Waals surface area contributed by atoms with Gasteiger partial charge in [0.05, 0.1) is 0 Å². The van der Waals surface area contributed by atoms with Crippen molar-refractivity contribution < 1.29 is 8.42 Å². The lowest BCUT2D eigenvalue weighted by Gasteiger charge is -2.31. The fraction of sp³-hybridized carbons (Fsp3) is 0.312. The van der Waals surface area contributed by atoms with Crippen LogP contribution in [-0.4, -0.2) is 52.0 Å². The molecule has 8 nitrogen and oxygen atoms in total. The van der Waals surface area contributed by atoms with Gasteiger partial charge in [0.1, 0.15) is 16.4 Å². The van der Waals surface area contributed by atoms with E-state index in [1.54, 1.807) is 24.5 Å². The van der Waals surface area contributed by atoms with Crippen LogP contribution in [0.3, 0.4) is 0 Å². The van der Waals surface area contributed by atoms with E-state index >= 15 is 0 Å². The Morgan fingerprint density at radius 1 is 1.16 bits per heavy atom. The molecule has 4 heterocycles. The first-order valence-corrected chi connectivity index (χ1v) is 9.55. The monoisotopic (exact) mass is 358 g/mol. The zero-order valence-corrected chi connectivity index (χ0v) is 14.3. The summed E-state index contributed by atoms with van der Waals surface area (Å²) in [4.78, 5) is 7.38. The van der Waals surface area contributed by atoms with Crippen LogP contribution < -0.4 is 5.32 Å². The Morgan fingerprint density at radius 3 is 2.72 bits per heavy atom. The summed E-state index contributed by atoms with van der Waals surface area (Å²) in [7, 11) is -3.54. The summed E-state index contributed by atoms with van der Waals surface area (Å²) >= 11 is 0. The summed E-state index contributed by atoms with van der Waals surface area (Å²) < 4.78 is 27.5. The molecule has 1 aliphatic heterocycles. The van der Waals surface area contributed by atoms with Crippen LogP contribution in [0.25, 0.3) is 11.0 Å². The quantitative estimate of drug-likeness (QED) is 0.734. The molecule has 3 aromatic heterocycles. The number of piperidine rings is 1. The van der Waals surface area contributed by atoms with Gasteiger partial charge in [-0.15, -0.1) is 5.10 Å². The van der Waals surface area contributed by atoms with Crippen LogP contribution in [0.1, 0.15) is 12.8 Å². The highest BCUT2D eigenvalue weighted by atomic mass is 32.2. The molecule has 1 aliphatic rings. The molecule has 0 bridgehead atoms. The maximum absolute atomic E-state index is 13.0. The molecule has 1 saturated heterocycles. The third-order valence-electron chi connectivity index (χ3n) is 4.41. The second kappa shape index (κ2) is 6.41. The van der Waals surface area contributed by atoms with E-state index in [9.17, 15) is 8.42 Å². The summed E-state index contributed by atoms with van der Waals surface area (Å²) in [6.07, 6.45) is 6.22. The number of aromatic nitrogens is 4. The van der Waals surface area contributed by atoms with Gasteiger partial charge in [-0.1, -0.05) is 0 Å². The summed E-state index contributed by atoms with van der Waals surface area (Å²) in [5.41, 5.74) is 0.584. The van der Waals surface area contributed by atoms with Crippen molar-refractivity contribution in [3.05, 3.63) is 42.9 Å². The predicted octanol–water partition coefficient (Wildman–Crippen LogP) is 1.62. The molecule has 0 aliphatic carbocycles. The molecule has 0 saturated carbocycles. The van der Waals surface area contributed by atoms with E-state index in [4.69, 9.17) is 0 Å². The second-order valence-electron chi connectivity index (χ2n) is 5.98. The summed E-state index contributed by atoms with van der Waals surface area (Å²) in [5, 5.41) is 11.8. The van der Waals surface area contributed by atoms with E-state index < -0.39 is 10.0 Å². The smallest absolute Gasteiger partial charge is 0.245 e. The molecule has 0 radical (unpaired) electrons. The van der Waals surface area contributed by atoms with Gasteiger partial charge in [0.15, 0.2) is 0 Å². The van der Waals surface area contributed by atoms with Gasteiger partial charge in [-0.3, -0.25) is 0 Å². The third kappa shape index (κ3) is 3.08. The Balaban J connectivity index is 1.48. The van der Waals surface area contributed by atoms with E-state index in [-0.39, 0.29) is 10.9 Å². The van der Waals surface area contributed by atoms with Gasteiger partial charge in [0, 0.05) is 43.1 Å². The summed E-state index contributed by atoms with van der Waals surface area (Å²) in [6, 6.07) is 7.38. The highest BCUT2D eigenvalue weighted by Gasteiger charge is 2.31. The molecular formula is C16H18N6O2S. The van der Waals surface area contributed by atoms with E-state index in [2.05, 4.69) is 25.5 Å². The van der Waals surface area contributed by atoms with Crippen LogP contribution in [0.15, 0.2) is 47.8 Å². The molecule has 4 rings (SSSR count). The third-order valence-corrected chi connectivity index (χ3v) is 6.35. The van der Waals surface area contributed by atoms with Gasteiger partial charge >= 0.3 is 0 Å². The number of aromatic amines is 1. The number of anilines is 1. The minimum Gasteiger partial charge on any atom is -0.366 e.